The number of hydrogen-bond donors (Lipinski definition) is 0. The molecule has 0 spiro atoms. The van der Waals surface area contributed by atoms with Crippen LogP contribution in [0.3, 0.4) is 0 Å². The van der Waals surface area contributed by atoms with Crippen LogP contribution >= 0.6 is 0 Å². The summed E-state index contributed by atoms with van der Waals surface area (Å²) in [6.45, 7) is 0. The number of benzene rings is 5. The topological polar surface area (TPSA) is 9.86 Å². The molecule has 4 aliphatic rings. The van der Waals surface area contributed by atoms with Gasteiger partial charge in [-0.2, -0.15) is 0 Å². The van der Waals surface area contributed by atoms with Gasteiger partial charge in [0.25, 0.3) is 0 Å². The van der Waals surface area contributed by atoms with Crippen LogP contribution < -0.4 is 21.1 Å². The molecule has 4 aliphatic carbocycles. The minimum absolute atomic E-state index is 0.418. The second-order valence-corrected chi connectivity index (χ2v) is 13.9. The summed E-state index contributed by atoms with van der Waals surface area (Å²) in [5.41, 5.74) is 14.6. The Bertz CT molecular complexity index is 2800. The largest absolute Gasteiger partial charge is 0.309 e. The predicted molar refractivity (Wildman–Crippen MR) is 204 cm³/mol. The van der Waals surface area contributed by atoms with Crippen molar-refractivity contribution in [2.24, 2.45) is 5.92 Å². The van der Waals surface area contributed by atoms with Gasteiger partial charge < -0.3 is 9.13 Å². The Hall–Kier alpha value is -5.86. The van der Waals surface area contributed by atoms with E-state index in [9.17, 15) is 0 Å². The van der Waals surface area contributed by atoms with E-state index in [1.165, 1.54) is 93.3 Å². The third-order valence-corrected chi connectivity index (χ3v) is 11.4. The van der Waals surface area contributed by atoms with Gasteiger partial charge in [-0.25, -0.2) is 0 Å². The fourth-order valence-corrected chi connectivity index (χ4v) is 9.28. The van der Waals surface area contributed by atoms with Gasteiger partial charge in [0.05, 0.1) is 16.4 Å². The molecule has 2 heteroatoms. The summed E-state index contributed by atoms with van der Waals surface area (Å²) in [7, 11) is 0. The zero-order valence-electron chi connectivity index (χ0n) is 27.2. The van der Waals surface area contributed by atoms with Crippen molar-refractivity contribution < 1.29 is 0 Å². The number of rotatable bonds is 3. The van der Waals surface area contributed by atoms with Gasteiger partial charge in [-0.1, -0.05) is 115 Å². The minimum atomic E-state index is 0.418. The van der Waals surface area contributed by atoms with E-state index in [1.807, 2.05) is 0 Å². The predicted octanol–water partition coefficient (Wildman–Crippen LogP) is 8.32. The Kier molecular flexibility index (Phi) is 5.71. The molecule has 0 radical (unpaired) electrons. The van der Waals surface area contributed by atoms with Crippen molar-refractivity contribution >= 4 is 50.7 Å². The first-order valence-electron chi connectivity index (χ1n) is 17.7. The lowest BCUT2D eigenvalue weighted by atomic mass is 9.89. The van der Waals surface area contributed by atoms with Crippen LogP contribution in [-0.2, 0) is 0 Å². The fourth-order valence-electron chi connectivity index (χ4n) is 9.28. The standard InChI is InChI=1S/C47H34N2/c1-2-14-39-35(11-1)36-16-9-10-32-24-29-40(36)46(39)47-45(32)41-15-5-8-19-44(41)49(47)34-27-22-31(23-28-34)30-20-25-33(26-21-30)48-42-17-6-3-12-37(42)38-13-4-7-18-43(38)48/h1-4,6-7,9-23,25-28,40H,5,8,24,29H2/b10-9-,16-9?,32-10?,36-16-. The molecule has 1 unspecified atom stereocenters. The maximum Gasteiger partial charge on any atom is 0.0588 e. The van der Waals surface area contributed by atoms with E-state index in [0.29, 0.717) is 5.92 Å². The molecule has 2 bridgehead atoms. The highest BCUT2D eigenvalue weighted by molar-refractivity contribution is 6.09. The maximum atomic E-state index is 2.60. The molecule has 2 aromatic heterocycles. The number of para-hydroxylation sites is 2. The molecule has 0 saturated heterocycles. The summed E-state index contributed by atoms with van der Waals surface area (Å²) in [4.78, 5) is 0. The zero-order valence-corrected chi connectivity index (χ0v) is 27.2. The molecular formula is C47H34N2. The third-order valence-electron chi connectivity index (χ3n) is 11.4. The van der Waals surface area contributed by atoms with Gasteiger partial charge in [-0.3, -0.25) is 0 Å². The Morgan fingerprint density at radius 1 is 0.571 bits per heavy atom. The van der Waals surface area contributed by atoms with E-state index in [-0.39, 0.29) is 0 Å². The third kappa shape index (κ3) is 3.83. The first-order chi connectivity index (χ1) is 24.3. The maximum absolute atomic E-state index is 2.60. The lowest BCUT2D eigenvalue weighted by molar-refractivity contribution is 0.772. The molecule has 0 amide bonds. The van der Waals surface area contributed by atoms with Crippen LogP contribution in [0.15, 0.2) is 140 Å². The van der Waals surface area contributed by atoms with Crippen LogP contribution in [0.4, 0.5) is 0 Å². The molecule has 7 aromatic rings. The molecule has 11 rings (SSSR count). The van der Waals surface area contributed by atoms with E-state index in [4.69, 9.17) is 0 Å². The van der Waals surface area contributed by atoms with Crippen molar-refractivity contribution in [3.8, 4) is 22.5 Å². The Morgan fingerprint density at radius 2 is 1.18 bits per heavy atom. The highest BCUT2D eigenvalue weighted by Gasteiger charge is 2.35. The number of nitrogens with zero attached hydrogens (tertiary/aromatic N) is 2. The first kappa shape index (κ1) is 27.1. The lowest BCUT2D eigenvalue weighted by Gasteiger charge is -2.16. The van der Waals surface area contributed by atoms with Gasteiger partial charge in [-0.15, -0.1) is 0 Å². The summed E-state index contributed by atoms with van der Waals surface area (Å²) < 4.78 is 4.98. The minimum Gasteiger partial charge on any atom is -0.309 e. The summed E-state index contributed by atoms with van der Waals surface area (Å²) in [6, 6.07) is 44.9. The molecule has 0 fully saturated rings. The van der Waals surface area contributed by atoms with Crippen molar-refractivity contribution in [3.05, 3.63) is 172 Å². The molecule has 232 valence electrons. The van der Waals surface area contributed by atoms with E-state index in [1.54, 1.807) is 0 Å². The van der Waals surface area contributed by atoms with Crippen LogP contribution in [-0.4, -0.2) is 9.13 Å². The van der Waals surface area contributed by atoms with Gasteiger partial charge in [-0.05, 0) is 101 Å². The summed E-state index contributed by atoms with van der Waals surface area (Å²) >= 11 is 0. The van der Waals surface area contributed by atoms with Gasteiger partial charge in [0.2, 0.25) is 0 Å². The highest BCUT2D eigenvalue weighted by Crippen LogP contribution is 2.47. The molecule has 0 N–H and O–H groups in total. The second-order valence-electron chi connectivity index (χ2n) is 13.9. The molecule has 2 nitrogen and oxygen atoms in total. The fraction of sp³-hybridized carbons (Fsp3) is 0.106. The van der Waals surface area contributed by atoms with E-state index < -0.39 is 0 Å². The van der Waals surface area contributed by atoms with Crippen LogP contribution in [0.5, 0.6) is 0 Å². The lowest BCUT2D eigenvalue weighted by Crippen LogP contribution is -2.40. The average Bonchev–Trinajstić information content (AvgIpc) is 3.74. The van der Waals surface area contributed by atoms with Crippen molar-refractivity contribution in [1.82, 2.24) is 9.13 Å². The van der Waals surface area contributed by atoms with Gasteiger partial charge in [0, 0.05) is 43.9 Å². The summed E-state index contributed by atoms with van der Waals surface area (Å²) in [6.07, 6.45) is 16.5. The molecule has 5 aromatic carbocycles. The highest BCUT2D eigenvalue weighted by atomic mass is 15.0. The van der Waals surface area contributed by atoms with Crippen LogP contribution in [0.1, 0.15) is 36.8 Å². The molecule has 0 aliphatic heterocycles. The Morgan fingerprint density at radius 3 is 1.90 bits per heavy atom. The number of aromatic nitrogens is 2. The first-order valence-corrected chi connectivity index (χ1v) is 17.7. The normalized spacial score (nSPS) is 18.9. The van der Waals surface area contributed by atoms with E-state index >= 15 is 0 Å². The van der Waals surface area contributed by atoms with Crippen molar-refractivity contribution in [2.45, 2.75) is 25.7 Å². The average molecular weight is 627 g/mol. The summed E-state index contributed by atoms with van der Waals surface area (Å²) in [5.74, 6) is 0.418. The van der Waals surface area contributed by atoms with Crippen LogP contribution in [0.25, 0.3) is 73.2 Å². The number of allylic oxidation sites excluding steroid dienone is 4. The van der Waals surface area contributed by atoms with Gasteiger partial charge in [0.1, 0.15) is 0 Å². The van der Waals surface area contributed by atoms with Crippen LogP contribution in [0, 0.1) is 5.92 Å². The Balaban J connectivity index is 1.08. The molecule has 0 saturated carbocycles. The number of fused-ring (bicyclic) bond motifs is 11. The molecule has 2 heterocycles. The smallest absolute Gasteiger partial charge is 0.0588 e. The monoisotopic (exact) mass is 626 g/mol. The van der Waals surface area contributed by atoms with Gasteiger partial charge >= 0.3 is 0 Å². The van der Waals surface area contributed by atoms with Gasteiger partial charge in [0.15, 0.2) is 0 Å². The second kappa shape index (κ2) is 10.3. The summed E-state index contributed by atoms with van der Waals surface area (Å²) in [5, 5.41) is 8.22. The molecule has 49 heavy (non-hydrogen) atoms. The zero-order chi connectivity index (χ0) is 32.1. The SMILES string of the molecule is C1=c2c3c(n(-c4ccc(-c5ccc(-n6c7ccccc7c7ccccc76)cc5)cc4)c2=CCC1)=C1c2ccccc2/C2=C/C=C\C=3CCC12. The van der Waals surface area contributed by atoms with E-state index in [2.05, 4.69) is 161 Å². The van der Waals surface area contributed by atoms with Crippen LogP contribution in [0.2, 0.25) is 0 Å². The quantitative estimate of drug-likeness (QED) is 0.187. The van der Waals surface area contributed by atoms with Crippen molar-refractivity contribution in [1.29, 1.82) is 0 Å². The number of hydrogen-bond acceptors (Lipinski definition) is 0. The molecular weight excluding hydrogens is 593 g/mol. The molecule has 1 atom stereocenters. The van der Waals surface area contributed by atoms with Crippen molar-refractivity contribution in [3.63, 3.8) is 0 Å². The Labute approximate surface area is 284 Å². The van der Waals surface area contributed by atoms with Crippen molar-refractivity contribution in [2.75, 3.05) is 0 Å². The van der Waals surface area contributed by atoms with E-state index in [0.717, 1.165) is 25.7 Å².